The maximum absolute atomic E-state index is 13.2. The van der Waals surface area contributed by atoms with E-state index in [0.29, 0.717) is 17.6 Å². The van der Waals surface area contributed by atoms with Gasteiger partial charge in [0.25, 0.3) is 0 Å². The van der Waals surface area contributed by atoms with Gasteiger partial charge in [-0.1, -0.05) is 23.7 Å². The molecule has 0 spiro atoms. The number of nitrogens with two attached hydrogens (primary N) is 1. The van der Waals surface area contributed by atoms with Crippen molar-refractivity contribution in [1.82, 2.24) is 19.7 Å². The second-order valence-electron chi connectivity index (χ2n) is 10.2. The fourth-order valence-electron chi connectivity index (χ4n) is 5.58. The Morgan fingerprint density at radius 2 is 2.00 bits per heavy atom. The van der Waals surface area contributed by atoms with Crippen molar-refractivity contribution in [2.45, 2.75) is 69.6 Å². The summed E-state index contributed by atoms with van der Waals surface area (Å²) in [6, 6.07) is 7.94. The molecule has 7 nitrogen and oxygen atoms in total. The molecule has 1 saturated heterocycles. The van der Waals surface area contributed by atoms with Crippen molar-refractivity contribution in [2.24, 2.45) is 11.7 Å². The third kappa shape index (κ3) is 5.20. The Morgan fingerprint density at radius 3 is 2.69 bits per heavy atom. The third-order valence-corrected chi connectivity index (χ3v) is 9.14. The molecule has 2 N–H and O–H groups in total. The summed E-state index contributed by atoms with van der Waals surface area (Å²) in [5.74, 6) is 0.289. The van der Waals surface area contributed by atoms with Crippen molar-refractivity contribution < 1.29 is 9.59 Å². The number of carbonyl (C=O) groups excluding carboxylic acids is 2. The van der Waals surface area contributed by atoms with E-state index in [0.717, 1.165) is 67.9 Å². The van der Waals surface area contributed by atoms with E-state index < -0.39 is 6.04 Å². The number of likely N-dealkylation sites (N-methyl/N-ethyl adjacent to an activating group) is 1. The average molecular weight is 516 g/mol. The van der Waals surface area contributed by atoms with Gasteiger partial charge >= 0.3 is 6.03 Å². The molecule has 5 rings (SSSR count). The quantitative estimate of drug-likeness (QED) is 0.584. The Morgan fingerprint density at radius 1 is 1.23 bits per heavy atom. The number of carbonyl (C=O) groups is 2. The maximum Gasteiger partial charge on any atom is 0.320 e. The van der Waals surface area contributed by atoms with Crippen LogP contribution in [0.25, 0.3) is 11.3 Å². The molecule has 2 heterocycles. The summed E-state index contributed by atoms with van der Waals surface area (Å²) in [5, 5.41) is 3.64. The molecule has 1 aliphatic heterocycles. The highest BCUT2D eigenvalue weighted by molar-refractivity contribution is 7.09. The van der Waals surface area contributed by atoms with Gasteiger partial charge < -0.3 is 20.4 Å². The number of benzene rings is 1. The minimum Gasteiger partial charge on any atom is -0.341 e. The van der Waals surface area contributed by atoms with E-state index in [1.165, 1.54) is 6.42 Å². The minimum atomic E-state index is -0.425. The SMILES string of the molecule is CN(C(=O)[C@@H](N)C1CCC(N2CCN(Cc3nc(-c4cccc(Cl)c4)cs3)C2=O)CC1)C1CCC1. The number of nitrogens with zero attached hydrogens (tertiary/aromatic N) is 4. The van der Waals surface area contributed by atoms with Crippen LogP contribution in [0.15, 0.2) is 29.6 Å². The van der Waals surface area contributed by atoms with Crippen molar-refractivity contribution in [1.29, 1.82) is 0 Å². The van der Waals surface area contributed by atoms with E-state index in [4.69, 9.17) is 22.3 Å². The first kappa shape index (κ1) is 24.5. The lowest BCUT2D eigenvalue weighted by Crippen LogP contribution is -2.52. The minimum absolute atomic E-state index is 0.0853. The van der Waals surface area contributed by atoms with Crippen molar-refractivity contribution >= 4 is 34.9 Å². The van der Waals surface area contributed by atoms with Gasteiger partial charge in [0, 0.05) is 48.2 Å². The van der Waals surface area contributed by atoms with Gasteiger partial charge in [-0.25, -0.2) is 9.78 Å². The molecule has 9 heteroatoms. The molecular weight excluding hydrogens is 482 g/mol. The number of urea groups is 1. The largest absolute Gasteiger partial charge is 0.341 e. The van der Waals surface area contributed by atoms with Gasteiger partial charge in [0.2, 0.25) is 5.91 Å². The van der Waals surface area contributed by atoms with Gasteiger partial charge in [0.05, 0.1) is 18.3 Å². The van der Waals surface area contributed by atoms with Crippen LogP contribution in [0.5, 0.6) is 0 Å². The molecule has 35 heavy (non-hydrogen) atoms. The highest BCUT2D eigenvalue weighted by Crippen LogP contribution is 2.33. The summed E-state index contributed by atoms with van der Waals surface area (Å²) in [6.07, 6.45) is 7.01. The van der Waals surface area contributed by atoms with Gasteiger partial charge in [-0.2, -0.15) is 0 Å². The molecule has 2 saturated carbocycles. The highest BCUT2D eigenvalue weighted by Gasteiger charge is 2.39. The number of amides is 3. The standard InChI is InChI=1S/C26H34ClN5O2S/c1-30(20-6-3-7-20)25(33)24(28)17-8-10-21(11-9-17)32-13-12-31(26(32)34)15-23-29-22(16-35-23)18-4-2-5-19(27)14-18/h2,4-5,14,16-17,20-21,24H,3,6-13,15,28H2,1H3/t17?,21?,24-/m0/s1. The monoisotopic (exact) mass is 515 g/mol. The van der Waals surface area contributed by atoms with Gasteiger partial charge in [-0.3, -0.25) is 4.79 Å². The van der Waals surface area contributed by atoms with Crippen LogP contribution in [0.2, 0.25) is 5.02 Å². The van der Waals surface area contributed by atoms with E-state index in [-0.39, 0.29) is 23.9 Å². The summed E-state index contributed by atoms with van der Waals surface area (Å²) < 4.78 is 0. The second kappa shape index (κ2) is 10.4. The van der Waals surface area contributed by atoms with Gasteiger partial charge in [0.15, 0.2) is 0 Å². The number of hydrogen-bond acceptors (Lipinski definition) is 5. The normalized spacial score (nSPS) is 23.9. The lowest BCUT2D eigenvalue weighted by Gasteiger charge is -2.40. The Kier molecular flexibility index (Phi) is 7.32. The van der Waals surface area contributed by atoms with Crippen LogP contribution < -0.4 is 5.73 Å². The van der Waals surface area contributed by atoms with Crippen LogP contribution in [0.3, 0.4) is 0 Å². The van der Waals surface area contributed by atoms with Crippen LogP contribution in [-0.2, 0) is 11.3 Å². The number of rotatable bonds is 7. The molecule has 3 aliphatic rings. The zero-order valence-electron chi connectivity index (χ0n) is 20.2. The first-order valence-corrected chi connectivity index (χ1v) is 13.9. The predicted molar refractivity (Wildman–Crippen MR) is 139 cm³/mol. The molecule has 1 aromatic carbocycles. The summed E-state index contributed by atoms with van der Waals surface area (Å²) in [5.41, 5.74) is 8.28. The van der Waals surface area contributed by atoms with E-state index in [2.05, 4.69) is 0 Å². The van der Waals surface area contributed by atoms with Gasteiger partial charge in [-0.15, -0.1) is 11.3 Å². The van der Waals surface area contributed by atoms with Crippen LogP contribution in [0.1, 0.15) is 50.0 Å². The summed E-state index contributed by atoms with van der Waals surface area (Å²) >= 11 is 7.69. The van der Waals surface area contributed by atoms with Crippen LogP contribution in [-0.4, -0.2) is 69.9 Å². The molecule has 1 aromatic heterocycles. The van der Waals surface area contributed by atoms with Crippen LogP contribution in [0.4, 0.5) is 4.79 Å². The Bertz CT molecular complexity index is 1070. The first-order valence-electron chi connectivity index (χ1n) is 12.7. The van der Waals surface area contributed by atoms with E-state index >= 15 is 0 Å². The average Bonchev–Trinajstić information content (AvgIpc) is 3.44. The van der Waals surface area contributed by atoms with E-state index in [1.807, 2.05) is 51.4 Å². The summed E-state index contributed by atoms with van der Waals surface area (Å²) in [6.45, 7) is 1.99. The van der Waals surface area contributed by atoms with Gasteiger partial charge in [-0.05, 0) is 63.0 Å². The van der Waals surface area contributed by atoms with Crippen molar-refractivity contribution in [3.05, 3.63) is 39.7 Å². The molecule has 2 aromatic rings. The van der Waals surface area contributed by atoms with Crippen LogP contribution >= 0.6 is 22.9 Å². The topological polar surface area (TPSA) is 82.8 Å². The Labute approximate surface area is 216 Å². The predicted octanol–water partition coefficient (Wildman–Crippen LogP) is 4.60. The van der Waals surface area contributed by atoms with Crippen molar-refractivity contribution in [3.8, 4) is 11.3 Å². The fraction of sp³-hybridized carbons (Fsp3) is 0.577. The molecule has 0 bridgehead atoms. The molecule has 0 radical (unpaired) electrons. The zero-order chi connectivity index (χ0) is 24.5. The molecule has 3 fully saturated rings. The van der Waals surface area contributed by atoms with Crippen molar-refractivity contribution in [2.75, 3.05) is 20.1 Å². The Hall–Kier alpha value is -2.16. The molecule has 0 unspecified atom stereocenters. The van der Waals surface area contributed by atoms with E-state index in [1.54, 1.807) is 11.3 Å². The second-order valence-corrected chi connectivity index (χ2v) is 11.5. The lowest BCUT2D eigenvalue weighted by atomic mass is 9.80. The number of hydrogen-bond donors (Lipinski definition) is 1. The molecule has 188 valence electrons. The zero-order valence-corrected chi connectivity index (χ0v) is 21.8. The highest BCUT2D eigenvalue weighted by atomic mass is 35.5. The first-order chi connectivity index (χ1) is 16.9. The molecular formula is C26H34ClN5O2S. The summed E-state index contributed by atoms with van der Waals surface area (Å²) in [7, 11) is 1.90. The van der Waals surface area contributed by atoms with Gasteiger partial charge in [0.1, 0.15) is 5.01 Å². The molecule has 3 amide bonds. The number of thiazole rings is 1. The number of halogens is 1. The maximum atomic E-state index is 13.2. The lowest BCUT2D eigenvalue weighted by molar-refractivity contribution is -0.136. The Balaban J connectivity index is 1.13. The third-order valence-electron chi connectivity index (χ3n) is 8.07. The van der Waals surface area contributed by atoms with Crippen molar-refractivity contribution in [3.63, 3.8) is 0 Å². The smallest absolute Gasteiger partial charge is 0.320 e. The summed E-state index contributed by atoms with van der Waals surface area (Å²) in [4.78, 5) is 36.5. The van der Waals surface area contributed by atoms with Crippen LogP contribution in [0, 0.1) is 5.92 Å². The molecule has 1 atom stereocenters. The van der Waals surface area contributed by atoms with E-state index in [9.17, 15) is 9.59 Å². The number of aromatic nitrogens is 1. The fourth-order valence-corrected chi connectivity index (χ4v) is 6.59. The molecule has 2 aliphatic carbocycles.